The van der Waals surface area contributed by atoms with Crippen molar-refractivity contribution < 1.29 is 37.8 Å². The summed E-state index contributed by atoms with van der Waals surface area (Å²) in [6.07, 6.45) is 0.918. The number of nitrogens with one attached hydrogen (secondary N) is 1. The molecule has 0 spiro atoms. The van der Waals surface area contributed by atoms with Crippen molar-refractivity contribution in [1.29, 1.82) is 0 Å². The van der Waals surface area contributed by atoms with Gasteiger partial charge in [0.05, 0.1) is 25.1 Å². The van der Waals surface area contributed by atoms with Crippen LogP contribution in [-0.2, 0) is 28.2 Å². The Kier molecular flexibility index (Phi) is 9.84. The van der Waals surface area contributed by atoms with Gasteiger partial charge in [-0.1, -0.05) is 24.8 Å². The second-order valence-corrected chi connectivity index (χ2v) is 11.3. The van der Waals surface area contributed by atoms with Crippen LogP contribution in [0.1, 0.15) is 39.3 Å². The van der Waals surface area contributed by atoms with Crippen LogP contribution in [0.25, 0.3) is 11.2 Å². The zero-order valence-corrected chi connectivity index (χ0v) is 23.6. The number of ether oxygens (including phenoxy) is 2. The van der Waals surface area contributed by atoms with Crippen molar-refractivity contribution in [2.75, 3.05) is 12.3 Å². The van der Waals surface area contributed by atoms with Crippen molar-refractivity contribution in [2.45, 2.75) is 63.7 Å². The van der Waals surface area contributed by atoms with Crippen molar-refractivity contribution in [3.8, 4) is 5.75 Å². The minimum Gasteiger partial charge on any atom is -0.462 e. The van der Waals surface area contributed by atoms with Gasteiger partial charge in [0, 0.05) is 12.8 Å². The van der Waals surface area contributed by atoms with Crippen molar-refractivity contribution in [1.82, 2.24) is 24.6 Å². The van der Waals surface area contributed by atoms with Gasteiger partial charge in [-0.25, -0.2) is 19.5 Å². The van der Waals surface area contributed by atoms with Crippen LogP contribution in [0.4, 0.5) is 5.82 Å². The molecule has 0 bridgehead atoms. The van der Waals surface area contributed by atoms with E-state index in [0.29, 0.717) is 11.2 Å². The van der Waals surface area contributed by atoms with Gasteiger partial charge in [-0.15, -0.1) is 0 Å². The summed E-state index contributed by atoms with van der Waals surface area (Å²) < 4.78 is 38.4. The fourth-order valence-corrected chi connectivity index (χ4v) is 5.67. The van der Waals surface area contributed by atoms with Crippen molar-refractivity contribution in [2.24, 2.45) is 0 Å². The maximum Gasteiger partial charge on any atom is 0.459 e. The van der Waals surface area contributed by atoms with Crippen LogP contribution < -0.4 is 15.3 Å². The zero-order chi connectivity index (χ0) is 29.6. The lowest BCUT2D eigenvalue weighted by Gasteiger charge is -2.26. The summed E-state index contributed by atoms with van der Waals surface area (Å²) >= 11 is 0. The predicted octanol–water partition coefficient (Wildman–Crippen LogP) is 2.71. The Labute approximate surface area is 236 Å². The Morgan fingerprint density at radius 3 is 2.76 bits per heavy atom. The van der Waals surface area contributed by atoms with Crippen LogP contribution in [0, 0.1) is 0 Å². The highest BCUT2D eigenvalue weighted by Gasteiger charge is 2.40. The second kappa shape index (κ2) is 13.3. The molecular formula is C26H33N6O8P. The van der Waals surface area contributed by atoms with Crippen LogP contribution in [0.3, 0.4) is 0 Å². The van der Waals surface area contributed by atoms with Gasteiger partial charge in [0.15, 0.2) is 17.2 Å². The number of carbonyl (C=O) groups excluding carboxylic acids is 2. The van der Waals surface area contributed by atoms with Crippen LogP contribution >= 0.6 is 7.75 Å². The van der Waals surface area contributed by atoms with Gasteiger partial charge in [-0.3, -0.25) is 18.7 Å². The van der Waals surface area contributed by atoms with E-state index in [1.54, 1.807) is 48.7 Å². The molecule has 1 saturated heterocycles. The molecule has 220 valence electrons. The number of allylic oxidation sites excluding steroid dienone is 1. The number of hydrogen-bond donors (Lipinski definition) is 3. The lowest BCUT2D eigenvalue weighted by Crippen LogP contribution is -2.39. The van der Waals surface area contributed by atoms with Gasteiger partial charge in [0.25, 0.3) is 0 Å². The average Bonchev–Trinajstić information content (AvgIpc) is 3.54. The standard InChI is InChI=1S/C26H33N6O8P/c1-4-17(33)10-11-19(26(35)38-16(2)3)31-41(36,40-18-8-6-5-7-9-18)37-13-21-20(34)12-22(39-21)32-15-30-23-24(27)28-14-29-25(23)32/h4-9,14-16,19-22,34H,1,10-13H2,2-3H3,(H,31,36)(H2,27,28,29)/t19-,20+,21+,22+,41?/m0/s1. The first-order chi connectivity index (χ1) is 19.6. The summed E-state index contributed by atoms with van der Waals surface area (Å²) in [7, 11) is -4.30. The van der Waals surface area contributed by atoms with Crippen LogP contribution in [0.5, 0.6) is 5.75 Å². The lowest BCUT2D eigenvalue weighted by molar-refractivity contribution is -0.149. The van der Waals surface area contributed by atoms with Gasteiger partial charge >= 0.3 is 13.7 Å². The number of aromatic nitrogens is 4. The monoisotopic (exact) mass is 588 g/mol. The fourth-order valence-electron chi connectivity index (χ4n) is 4.13. The van der Waals surface area contributed by atoms with E-state index >= 15 is 0 Å². The van der Waals surface area contributed by atoms with Gasteiger partial charge in [0.2, 0.25) is 0 Å². The van der Waals surface area contributed by atoms with Crippen molar-refractivity contribution in [3.05, 3.63) is 55.6 Å². The fraction of sp³-hybridized carbons (Fsp3) is 0.423. The minimum absolute atomic E-state index is 0.0504. The van der Waals surface area contributed by atoms with Crippen molar-refractivity contribution >= 4 is 36.5 Å². The van der Waals surface area contributed by atoms with Crippen LogP contribution in [0.15, 0.2) is 55.6 Å². The zero-order valence-electron chi connectivity index (χ0n) is 22.7. The number of nitrogens with zero attached hydrogens (tertiary/aromatic N) is 4. The number of nitrogen functional groups attached to an aromatic ring is 1. The normalized spacial score (nSPS) is 20.9. The van der Waals surface area contributed by atoms with Crippen LogP contribution in [0.2, 0.25) is 0 Å². The Bertz CT molecular complexity index is 1420. The molecule has 1 aliphatic heterocycles. The van der Waals surface area contributed by atoms with E-state index in [9.17, 15) is 19.3 Å². The highest BCUT2D eigenvalue weighted by molar-refractivity contribution is 7.52. The van der Waals surface area contributed by atoms with E-state index in [4.69, 9.17) is 24.3 Å². The number of rotatable bonds is 14. The number of aliphatic hydroxyl groups excluding tert-OH is 1. The summed E-state index contributed by atoms with van der Waals surface area (Å²) in [5.74, 6) is -0.628. The van der Waals surface area contributed by atoms with E-state index in [1.165, 1.54) is 12.7 Å². The number of benzene rings is 1. The summed E-state index contributed by atoms with van der Waals surface area (Å²) in [6, 6.07) is 7.02. The minimum atomic E-state index is -4.30. The number of anilines is 1. The number of para-hydroxylation sites is 1. The molecule has 41 heavy (non-hydrogen) atoms. The SMILES string of the molecule is C=CC(=O)CC[C@H](NP(=O)(OC[C@H]1O[C@@H](n2cnc3c(N)ncnc32)C[C@H]1O)Oc1ccccc1)C(=O)OC(C)C. The van der Waals surface area contributed by atoms with Gasteiger partial charge < -0.3 is 24.8 Å². The average molecular weight is 589 g/mol. The third-order valence-electron chi connectivity index (χ3n) is 6.14. The number of nitrogens with two attached hydrogens (primary N) is 1. The number of hydrogen-bond acceptors (Lipinski definition) is 12. The maximum atomic E-state index is 14.0. The molecule has 0 radical (unpaired) electrons. The third-order valence-corrected chi connectivity index (χ3v) is 7.70. The number of esters is 1. The Morgan fingerprint density at radius 2 is 2.05 bits per heavy atom. The Morgan fingerprint density at radius 1 is 1.29 bits per heavy atom. The molecule has 1 fully saturated rings. The number of fused-ring (bicyclic) bond motifs is 1. The first kappa shape index (κ1) is 30.3. The predicted molar refractivity (Wildman–Crippen MR) is 147 cm³/mol. The van der Waals surface area contributed by atoms with E-state index in [2.05, 4.69) is 26.6 Å². The molecule has 0 saturated carbocycles. The number of aliphatic hydroxyl groups is 1. The van der Waals surface area contributed by atoms with Gasteiger partial charge in [-0.05, 0) is 38.5 Å². The summed E-state index contributed by atoms with van der Waals surface area (Å²) in [6.45, 7) is 6.41. The molecule has 2 aromatic heterocycles. The number of carbonyl (C=O) groups is 2. The van der Waals surface area contributed by atoms with E-state index < -0.39 is 44.3 Å². The smallest absolute Gasteiger partial charge is 0.459 e. The molecule has 4 rings (SSSR count). The number of imidazole rings is 1. The molecule has 0 amide bonds. The summed E-state index contributed by atoms with van der Waals surface area (Å²) in [4.78, 5) is 37.1. The molecule has 1 aromatic carbocycles. The largest absolute Gasteiger partial charge is 0.462 e. The highest BCUT2D eigenvalue weighted by Crippen LogP contribution is 2.46. The second-order valence-electron chi connectivity index (χ2n) is 9.59. The Balaban J connectivity index is 1.52. The summed E-state index contributed by atoms with van der Waals surface area (Å²) in [5, 5.41) is 13.4. The third kappa shape index (κ3) is 7.75. The molecule has 1 aliphatic rings. The molecule has 0 aliphatic carbocycles. The van der Waals surface area contributed by atoms with E-state index in [1.807, 2.05) is 0 Å². The molecule has 3 aromatic rings. The first-order valence-electron chi connectivity index (χ1n) is 13.0. The molecule has 5 atom stereocenters. The molecule has 1 unspecified atom stereocenters. The number of ketones is 1. The lowest BCUT2D eigenvalue weighted by atomic mass is 10.1. The molecule has 14 nitrogen and oxygen atoms in total. The van der Waals surface area contributed by atoms with E-state index in [-0.39, 0.29) is 43.2 Å². The molecule has 15 heteroatoms. The quantitative estimate of drug-likeness (QED) is 0.142. The highest BCUT2D eigenvalue weighted by atomic mass is 31.2. The summed E-state index contributed by atoms with van der Waals surface area (Å²) in [5.41, 5.74) is 6.69. The van der Waals surface area contributed by atoms with Gasteiger partial charge in [-0.2, -0.15) is 5.09 Å². The van der Waals surface area contributed by atoms with Gasteiger partial charge in [0.1, 0.15) is 36.0 Å². The Hall–Kier alpha value is -3.68. The molecule has 4 N–H and O–H groups in total. The van der Waals surface area contributed by atoms with E-state index in [0.717, 1.165) is 6.08 Å². The first-order valence-corrected chi connectivity index (χ1v) is 14.5. The van der Waals surface area contributed by atoms with Crippen molar-refractivity contribution in [3.63, 3.8) is 0 Å². The molecule has 3 heterocycles. The maximum absolute atomic E-state index is 14.0. The van der Waals surface area contributed by atoms with Crippen LogP contribution in [-0.4, -0.2) is 67.3 Å². The molecular weight excluding hydrogens is 555 g/mol. The topological polar surface area (TPSA) is 190 Å².